The molecule has 3 nitrogen and oxygen atoms in total. The zero-order valence-corrected chi connectivity index (χ0v) is 13.8. The Balaban J connectivity index is 1.74. The third-order valence-electron chi connectivity index (χ3n) is 3.15. The molecule has 0 fully saturated rings. The first kappa shape index (κ1) is 14.4. The van der Waals surface area contributed by atoms with E-state index in [-0.39, 0.29) is 5.91 Å². The predicted octanol–water partition coefficient (Wildman–Crippen LogP) is 4.62. The summed E-state index contributed by atoms with van der Waals surface area (Å²) in [5.41, 5.74) is 2.39. The highest BCUT2D eigenvalue weighted by Crippen LogP contribution is 2.19. The van der Waals surface area contributed by atoms with Gasteiger partial charge in [0, 0.05) is 20.5 Å². The second-order valence-corrected chi connectivity index (χ2v) is 6.20. The average molecular weight is 412 g/mol. The van der Waals surface area contributed by atoms with E-state index in [1.165, 1.54) is 0 Å². The monoisotopic (exact) mass is 411 g/mol. The van der Waals surface area contributed by atoms with Crippen molar-refractivity contribution in [3.8, 4) is 0 Å². The van der Waals surface area contributed by atoms with Crippen molar-refractivity contribution in [1.29, 1.82) is 0 Å². The molecule has 3 aromatic rings. The summed E-state index contributed by atoms with van der Waals surface area (Å²) < 4.78 is 6.22. The molecule has 0 radical (unpaired) electrons. The van der Waals surface area contributed by atoms with Crippen LogP contribution in [0.4, 0.5) is 0 Å². The Kier molecular flexibility index (Phi) is 4.17. The SMILES string of the molecule is O=C(NCc1ccc2ccoc2c1)c1cc(Cl)ccc1I. The second-order valence-electron chi connectivity index (χ2n) is 4.60. The highest BCUT2D eigenvalue weighted by Gasteiger charge is 2.10. The van der Waals surface area contributed by atoms with E-state index in [9.17, 15) is 4.79 Å². The maximum Gasteiger partial charge on any atom is 0.252 e. The van der Waals surface area contributed by atoms with Crippen molar-refractivity contribution in [1.82, 2.24) is 5.32 Å². The number of carbonyl (C=O) groups excluding carboxylic acids is 1. The van der Waals surface area contributed by atoms with Crippen molar-refractivity contribution in [2.75, 3.05) is 0 Å². The molecule has 1 N–H and O–H groups in total. The second kappa shape index (κ2) is 6.07. The minimum Gasteiger partial charge on any atom is -0.464 e. The van der Waals surface area contributed by atoms with E-state index in [0.29, 0.717) is 17.1 Å². The van der Waals surface area contributed by atoms with Crippen molar-refractivity contribution in [3.63, 3.8) is 0 Å². The number of benzene rings is 2. The average Bonchev–Trinajstić information content (AvgIpc) is 2.94. The van der Waals surface area contributed by atoms with Crippen LogP contribution in [0.25, 0.3) is 11.0 Å². The lowest BCUT2D eigenvalue weighted by Crippen LogP contribution is -2.23. The fraction of sp³-hybridized carbons (Fsp3) is 0.0625. The Hall–Kier alpha value is -1.53. The van der Waals surface area contributed by atoms with E-state index in [0.717, 1.165) is 20.1 Å². The van der Waals surface area contributed by atoms with Crippen molar-refractivity contribution >= 4 is 51.1 Å². The van der Waals surface area contributed by atoms with Crippen molar-refractivity contribution in [2.45, 2.75) is 6.54 Å². The number of carbonyl (C=O) groups is 1. The largest absolute Gasteiger partial charge is 0.464 e. The third kappa shape index (κ3) is 3.22. The summed E-state index contributed by atoms with van der Waals surface area (Å²) in [6, 6.07) is 13.1. The fourth-order valence-corrected chi connectivity index (χ4v) is 2.81. The summed E-state index contributed by atoms with van der Waals surface area (Å²) in [7, 11) is 0. The molecule has 0 atom stereocenters. The van der Waals surface area contributed by atoms with Gasteiger partial charge in [-0.2, -0.15) is 0 Å². The molecule has 0 saturated carbocycles. The topological polar surface area (TPSA) is 42.2 Å². The Labute approximate surface area is 140 Å². The zero-order chi connectivity index (χ0) is 14.8. The summed E-state index contributed by atoms with van der Waals surface area (Å²) in [4.78, 5) is 12.2. The van der Waals surface area contributed by atoms with Gasteiger partial charge < -0.3 is 9.73 Å². The molecular weight excluding hydrogens is 401 g/mol. The molecule has 0 aliphatic carbocycles. The van der Waals surface area contributed by atoms with Crippen LogP contribution in [0, 0.1) is 3.57 Å². The van der Waals surface area contributed by atoms with Crippen LogP contribution in [-0.4, -0.2) is 5.91 Å². The summed E-state index contributed by atoms with van der Waals surface area (Å²) in [5, 5.41) is 4.50. The van der Waals surface area contributed by atoms with Gasteiger partial charge in [-0.15, -0.1) is 0 Å². The van der Waals surface area contributed by atoms with Crippen molar-refractivity contribution in [3.05, 3.63) is 68.4 Å². The molecule has 0 aliphatic rings. The molecule has 2 aromatic carbocycles. The summed E-state index contributed by atoms with van der Waals surface area (Å²) in [5.74, 6) is -0.138. The van der Waals surface area contributed by atoms with E-state index in [4.69, 9.17) is 16.0 Å². The highest BCUT2D eigenvalue weighted by atomic mass is 127. The minimum atomic E-state index is -0.138. The third-order valence-corrected chi connectivity index (χ3v) is 4.32. The first-order valence-corrected chi connectivity index (χ1v) is 7.78. The summed E-state index contributed by atoms with van der Waals surface area (Å²) in [6.45, 7) is 0.443. The van der Waals surface area contributed by atoms with Gasteiger partial charge in [0.25, 0.3) is 5.91 Å². The first-order valence-electron chi connectivity index (χ1n) is 6.33. The van der Waals surface area contributed by atoms with Crippen LogP contribution in [0.5, 0.6) is 0 Å². The van der Waals surface area contributed by atoms with Crippen LogP contribution in [0.1, 0.15) is 15.9 Å². The van der Waals surface area contributed by atoms with Gasteiger partial charge >= 0.3 is 0 Å². The van der Waals surface area contributed by atoms with Gasteiger partial charge in [-0.25, -0.2) is 0 Å². The maximum absolute atomic E-state index is 12.2. The van der Waals surface area contributed by atoms with E-state index in [1.54, 1.807) is 18.4 Å². The summed E-state index contributed by atoms with van der Waals surface area (Å²) >= 11 is 8.06. The standard InChI is InChI=1S/C16H11ClINO2/c17-12-3-4-14(18)13(8-12)16(20)19-9-10-1-2-11-5-6-21-15(11)7-10/h1-8H,9H2,(H,19,20). The number of amides is 1. The quantitative estimate of drug-likeness (QED) is 0.639. The minimum absolute atomic E-state index is 0.138. The molecule has 1 amide bonds. The molecule has 106 valence electrons. The molecule has 0 unspecified atom stereocenters. The molecule has 1 heterocycles. The van der Waals surface area contributed by atoms with Crippen LogP contribution in [0.3, 0.4) is 0 Å². The molecule has 1 aromatic heterocycles. The summed E-state index contributed by atoms with van der Waals surface area (Å²) in [6.07, 6.45) is 1.65. The van der Waals surface area contributed by atoms with Gasteiger partial charge in [0.2, 0.25) is 0 Å². The van der Waals surface area contributed by atoms with Gasteiger partial charge in [0.1, 0.15) is 5.58 Å². The molecule has 5 heteroatoms. The first-order chi connectivity index (χ1) is 10.1. The van der Waals surface area contributed by atoms with Crippen LogP contribution in [-0.2, 0) is 6.54 Å². The number of fused-ring (bicyclic) bond motifs is 1. The van der Waals surface area contributed by atoms with Crippen LogP contribution in [0.15, 0.2) is 53.1 Å². The number of furan rings is 1. The van der Waals surface area contributed by atoms with Gasteiger partial charge in [0.15, 0.2) is 0 Å². The smallest absolute Gasteiger partial charge is 0.252 e. The Morgan fingerprint density at radius 2 is 2.05 bits per heavy atom. The number of rotatable bonds is 3. The molecule has 0 bridgehead atoms. The lowest BCUT2D eigenvalue weighted by molar-refractivity contribution is 0.0950. The molecule has 21 heavy (non-hydrogen) atoms. The van der Waals surface area contributed by atoms with Crippen molar-refractivity contribution < 1.29 is 9.21 Å². The predicted molar refractivity (Wildman–Crippen MR) is 91.6 cm³/mol. The van der Waals surface area contributed by atoms with Crippen LogP contribution < -0.4 is 5.32 Å². The molecule has 0 aliphatic heterocycles. The Morgan fingerprint density at radius 1 is 1.19 bits per heavy atom. The van der Waals surface area contributed by atoms with Gasteiger partial charge in [-0.05, 0) is 58.5 Å². The Morgan fingerprint density at radius 3 is 2.90 bits per heavy atom. The number of halogens is 2. The molecular formula is C16H11ClINO2. The molecule has 0 saturated heterocycles. The lowest BCUT2D eigenvalue weighted by Gasteiger charge is -2.07. The zero-order valence-electron chi connectivity index (χ0n) is 10.9. The normalized spacial score (nSPS) is 10.8. The maximum atomic E-state index is 12.2. The van der Waals surface area contributed by atoms with Crippen molar-refractivity contribution in [2.24, 2.45) is 0 Å². The van der Waals surface area contributed by atoms with E-state index in [2.05, 4.69) is 27.9 Å². The van der Waals surface area contributed by atoms with E-state index >= 15 is 0 Å². The lowest BCUT2D eigenvalue weighted by atomic mass is 10.1. The van der Waals surface area contributed by atoms with Crippen LogP contribution in [0.2, 0.25) is 5.02 Å². The van der Waals surface area contributed by atoms with Gasteiger partial charge in [-0.3, -0.25) is 4.79 Å². The molecule has 0 spiro atoms. The van der Waals surface area contributed by atoms with Gasteiger partial charge in [0.05, 0.1) is 11.8 Å². The number of hydrogen-bond acceptors (Lipinski definition) is 2. The van der Waals surface area contributed by atoms with Crippen LogP contribution >= 0.6 is 34.2 Å². The number of hydrogen-bond donors (Lipinski definition) is 1. The van der Waals surface area contributed by atoms with Gasteiger partial charge in [-0.1, -0.05) is 23.7 Å². The molecule has 3 rings (SSSR count). The fourth-order valence-electron chi connectivity index (χ4n) is 2.06. The highest BCUT2D eigenvalue weighted by molar-refractivity contribution is 14.1. The van der Waals surface area contributed by atoms with E-state index < -0.39 is 0 Å². The number of nitrogens with one attached hydrogen (secondary N) is 1. The van der Waals surface area contributed by atoms with E-state index in [1.807, 2.05) is 30.3 Å². The Bertz CT molecular complexity index is 813.